The fraction of sp³-hybridized carbons (Fsp3) is 0.292. The maximum absolute atomic E-state index is 12.4. The highest BCUT2D eigenvalue weighted by molar-refractivity contribution is 5.90. The molecule has 0 saturated carbocycles. The number of H-pyrrole nitrogens is 2. The molecule has 0 radical (unpaired) electrons. The number of nitrogens with zero attached hydrogens (tertiary/aromatic N) is 1. The Hall–Kier alpha value is -4.46. The normalized spacial score (nSPS) is 12.4. The molecule has 1 amide bonds. The summed E-state index contributed by atoms with van der Waals surface area (Å²) in [5.74, 6) is -4.32. The third kappa shape index (κ3) is 9.54. The van der Waals surface area contributed by atoms with Crippen molar-refractivity contribution in [1.29, 1.82) is 0 Å². The molecule has 2 atom stereocenters. The van der Waals surface area contributed by atoms with Gasteiger partial charge in [0.05, 0.1) is 6.61 Å². The van der Waals surface area contributed by atoms with Gasteiger partial charge < -0.3 is 20.3 Å². The van der Waals surface area contributed by atoms with Gasteiger partial charge in [-0.25, -0.2) is 19.5 Å². The van der Waals surface area contributed by atoms with Crippen molar-refractivity contribution in [3.05, 3.63) is 76.5 Å². The second kappa shape index (κ2) is 13.7. The predicted molar refractivity (Wildman–Crippen MR) is 127 cm³/mol. The molecule has 5 N–H and O–H groups in total. The van der Waals surface area contributed by atoms with E-state index in [0.717, 1.165) is 16.7 Å². The zero-order valence-corrected chi connectivity index (χ0v) is 20.0. The summed E-state index contributed by atoms with van der Waals surface area (Å²) in [6.07, 6.45) is -6.18. The number of aliphatic hydroxyl groups is 1. The zero-order chi connectivity index (χ0) is 28.3. The Morgan fingerprint density at radius 2 is 1.63 bits per heavy atom. The number of ether oxygens (including phenoxy) is 1. The second-order valence-electron chi connectivity index (χ2n) is 7.77. The van der Waals surface area contributed by atoms with Gasteiger partial charge in [-0.2, -0.15) is 13.2 Å². The summed E-state index contributed by atoms with van der Waals surface area (Å²) >= 11 is 0. The van der Waals surface area contributed by atoms with Crippen molar-refractivity contribution >= 4 is 17.8 Å². The number of aromatic nitrogens is 3. The van der Waals surface area contributed by atoms with Crippen LogP contribution in [0.3, 0.4) is 0 Å². The first kappa shape index (κ1) is 29.8. The van der Waals surface area contributed by atoms with Gasteiger partial charge in [0, 0.05) is 12.5 Å². The number of hydrogen-bond acceptors (Lipinski definition) is 7. The quantitative estimate of drug-likeness (QED) is 0.257. The summed E-state index contributed by atoms with van der Waals surface area (Å²) in [5, 5.41) is 25.7. The molecular formula is C24H25F3N4O7. The fourth-order valence-corrected chi connectivity index (χ4v) is 3.18. The molecule has 204 valence electrons. The van der Waals surface area contributed by atoms with Gasteiger partial charge in [0.2, 0.25) is 5.82 Å². The van der Waals surface area contributed by atoms with Gasteiger partial charge in [-0.05, 0) is 30.0 Å². The van der Waals surface area contributed by atoms with Crippen LogP contribution in [-0.2, 0) is 20.7 Å². The Balaban J connectivity index is 0.000000638. The molecule has 2 aromatic carbocycles. The van der Waals surface area contributed by atoms with Gasteiger partial charge in [-0.3, -0.25) is 9.78 Å². The van der Waals surface area contributed by atoms with E-state index in [4.69, 9.17) is 14.6 Å². The SMILES string of the molecule is CCOC(=O)[C@H](O)C[C@@H](Cc1ccc(-c2ccccc2)cc1)NC(=O)c1n[nH]c(=O)[nH]1.O=C(O)C(F)(F)F. The molecule has 0 aliphatic carbocycles. The third-order valence-corrected chi connectivity index (χ3v) is 4.90. The van der Waals surface area contributed by atoms with Crippen LogP contribution in [0.4, 0.5) is 13.2 Å². The summed E-state index contributed by atoms with van der Waals surface area (Å²) in [6, 6.07) is 17.1. The van der Waals surface area contributed by atoms with Gasteiger partial charge >= 0.3 is 23.8 Å². The first-order valence-corrected chi connectivity index (χ1v) is 11.2. The van der Waals surface area contributed by atoms with E-state index in [-0.39, 0.29) is 18.9 Å². The van der Waals surface area contributed by atoms with Crippen LogP contribution in [0.5, 0.6) is 0 Å². The summed E-state index contributed by atoms with van der Waals surface area (Å²) in [7, 11) is 0. The van der Waals surface area contributed by atoms with Gasteiger partial charge in [-0.15, -0.1) is 5.10 Å². The maximum Gasteiger partial charge on any atom is 0.490 e. The van der Waals surface area contributed by atoms with Crippen LogP contribution in [0.15, 0.2) is 59.4 Å². The molecule has 1 heterocycles. The van der Waals surface area contributed by atoms with Crippen molar-refractivity contribution in [3.63, 3.8) is 0 Å². The molecule has 14 heteroatoms. The molecule has 0 aliphatic heterocycles. The molecule has 38 heavy (non-hydrogen) atoms. The van der Waals surface area contributed by atoms with Gasteiger partial charge in [0.25, 0.3) is 5.91 Å². The minimum atomic E-state index is -5.08. The minimum Gasteiger partial charge on any atom is -0.475 e. The van der Waals surface area contributed by atoms with E-state index < -0.39 is 41.9 Å². The largest absolute Gasteiger partial charge is 0.490 e. The predicted octanol–water partition coefficient (Wildman–Crippen LogP) is 2.05. The number of carboxylic acids is 1. The molecule has 3 aromatic rings. The lowest BCUT2D eigenvalue weighted by atomic mass is 9.98. The topological polar surface area (TPSA) is 174 Å². The standard InChI is InChI=1S/C22H24N4O5.C2HF3O2/c1-2-31-21(29)18(27)13-17(23-20(28)19-24-22(30)26-25-19)12-14-8-10-16(11-9-14)15-6-4-3-5-7-15;3-2(4,5)1(6)7/h3-11,17-18,27H,2,12-13H2,1H3,(H,23,28)(H2,24,25,26,30);(H,6,7)/t17-,18-;/m1./s1. The molecule has 0 saturated heterocycles. The van der Waals surface area contributed by atoms with E-state index >= 15 is 0 Å². The molecule has 0 aliphatic rings. The molecule has 11 nitrogen and oxygen atoms in total. The number of esters is 1. The highest BCUT2D eigenvalue weighted by Crippen LogP contribution is 2.20. The highest BCUT2D eigenvalue weighted by Gasteiger charge is 2.38. The van der Waals surface area contributed by atoms with Gasteiger partial charge in [0.15, 0.2) is 6.10 Å². The Labute approximate surface area is 213 Å². The van der Waals surface area contributed by atoms with Gasteiger partial charge in [-0.1, -0.05) is 54.6 Å². The molecule has 0 unspecified atom stereocenters. The molecule has 0 bridgehead atoms. The van der Waals surface area contributed by atoms with E-state index in [1.54, 1.807) is 6.92 Å². The number of benzene rings is 2. The first-order valence-electron chi connectivity index (χ1n) is 11.2. The van der Waals surface area contributed by atoms with Crippen LogP contribution in [0.2, 0.25) is 0 Å². The van der Waals surface area contributed by atoms with Crippen molar-refractivity contribution in [3.8, 4) is 11.1 Å². The number of nitrogens with one attached hydrogen (secondary N) is 3. The number of aromatic amines is 2. The number of halogens is 3. The van der Waals surface area contributed by atoms with Crippen LogP contribution < -0.4 is 11.0 Å². The number of rotatable bonds is 9. The monoisotopic (exact) mass is 538 g/mol. The lowest BCUT2D eigenvalue weighted by molar-refractivity contribution is -0.192. The van der Waals surface area contributed by atoms with Crippen LogP contribution in [0.1, 0.15) is 29.5 Å². The average molecular weight is 538 g/mol. The van der Waals surface area contributed by atoms with Gasteiger partial charge in [0.1, 0.15) is 0 Å². The molecular weight excluding hydrogens is 513 g/mol. The highest BCUT2D eigenvalue weighted by atomic mass is 19.4. The summed E-state index contributed by atoms with van der Waals surface area (Å²) in [6.45, 7) is 1.79. The lowest BCUT2D eigenvalue weighted by Crippen LogP contribution is -2.41. The van der Waals surface area contributed by atoms with Crippen LogP contribution in [0.25, 0.3) is 11.1 Å². The van der Waals surface area contributed by atoms with E-state index in [0.29, 0.717) is 6.42 Å². The van der Waals surface area contributed by atoms with Crippen LogP contribution >= 0.6 is 0 Å². The molecule has 1 aromatic heterocycles. The number of carbonyl (C=O) groups excluding carboxylic acids is 2. The lowest BCUT2D eigenvalue weighted by Gasteiger charge is -2.21. The van der Waals surface area contributed by atoms with Crippen molar-refractivity contribution in [2.75, 3.05) is 6.61 Å². The summed E-state index contributed by atoms with van der Waals surface area (Å²) in [5.41, 5.74) is 2.42. The molecule has 3 rings (SSSR count). The van der Waals surface area contributed by atoms with Crippen molar-refractivity contribution in [2.45, 2.75) is 38.1 Å². The fourth-order valence-electron chi connectivity index (χ4n) is 3.18. The van der Waals surface area contributed by atoms with Crippen molar-refractivity contribution in [1.82, 2.24) is 20.5 Å². The second-order valence-corrected chi connectivity index (χ2v) is 7.77. The third-order valence-electron chi connectivity index (χ3n) is 4.90. The van der Waals surface area contributed by atoms with E-state index in [1.165, 1.54) is 0 Å². The minimum absolute atomic E-state index is 0.0559. The van der Waals surface area contributed by atoms with Crippen molar-refractivity contribution < 1.29 is 42.5 Å². The Kier molecular flexibility index (Phi) is 10.8. The smallest absolute Gasteiger partial charge is 0.475 e. The van der Waals surface area contributed by atoms with E-state index in [2.05, 4.69) is 20.5 Å². The summed E-state index contributed by atoms with van der Waals surface area (Å²) in [4.78, 5) is 46.6. The average Bonchev–Trinajstić information content (AvgIpc) is 3.31. The number of amides is 1. The number of carbonyl (C=O) groups is 3. The van der Waals surface area contributed by atoms with Crippen LogP contribution in [-0.4, -0.2) is 68.2 Å². The number of alkyl halides is 3. The first-order chi connectivity index (χ1) is 17.9. The van der Waals surface area contributed by atoms with E-state index in [1.807, 2.05) is 54.6 Å². The zero-order valence-electron chi connectivity index (χ0n) is 20.0. The molecule has 0 fully saturated rings. The number of hydrogen-bond donors (Lipinski definition) is 5. The number of aliphatic carboxylic acids is 1. The maximum atomic E-state index is 12.4. The summed E-state index contributed by atoms with van der Waals surface area (Å²) < 4.78 is 36.6. The van der Waals surface area contributed by atoms with E-state index in [9.17, 15) is 32.7 Å². The van der Waals surface area contributed by atoms with Crippen LogP contribution in [0, 0.1) is 0 Å². The molecule has 0 spiro atoms. The Morgan fingerprint density at radius 3 is 2.13 bits per heavy atom. The number of carboxylic acid groups (broad SMARTS) is 1. The Morgan fingerprint density at radius 1 is 1.05 bits per heavy atom. The number of aliphatic hydroxyl groups excluding tert-OH is 1. The Bertz CT molecular complexity index is 1260. The van der Waals surface area contributed by atoms with Crippen molar-refractivity contribution in [2.24, 2.45) is 0 Å².